The van der Waals surface area contributed by atoms with Crippen molar-refractivity contribution in [2.75, 3.05) is 0 Å². The highest BCUT2D eigenvalue weighted by Crippen LogP contribution is 2.26. The van der Waals surface area contributed by atoms with Crippen LogP contribution in [-0.2, 0) is 0 Å². The molecule has 1 aromatic carbocycles. The van der Waals surface area contributed by atoms with Gasteiger partial charge in [-0.1, -0.05) is 56.2 Å². The quantitative estimate of drug-likeness (QED) is 0.663. The Balaban J connectivity index is 2.57. The minimum atomic E-state index is -0.180. The summed E-state index contributed by atoms with van der Waals surface area (Å²) in [6, 6.07) is 10.4. The molecule has 1 N–H and O–H groups in total. The number of hydrogen-bond donors (Lipinski definition) is 1. The number of benzene rings is 1. The molecule has 0 saturated heterocycles. The number of rotatable bonds is 8. The molecule has 0 fully saturated rings. The first kappa shape index (κ1) is 14.0. The van der Waals surface area contributed by atoms with Crippen molar-refractivity contribution in [3.8, 4) is 0 Å². The lowest BCUT2D eigenvalue weighted by Gasteiger charge is -2.19. The normalized spacial score (nSPS) is 14.2. The van der Waals surface area contributed by atoms with Crippen LogP contribution in [0.2, 0.25) is 0 Å². The molecule has 0 unspecified atom stereocenters. The monoisotopic (exact) mass is 232 g/mol. The molecule has 1 rings (SSSR count). The summed E-state index contributed by atoms with van der Waals surface area (Å²) in [4.78, 5) is 0. The van der Waals surface area contributed by atoms with Crippen LogP contribution in [0, 0.1) is 0 Å². The minimum Gasteiger partial charge on any atom is -0.393 e. The average Bonchev–Trinajstić information content (AvgIpc) is 2.37. The standard InChI is InChI=1S/C16H24O/c1-3-5-12-16(17)13-15(9-4-2)14-10-7-6-8-11-14/h4,6-8,10-11,15-17H,2-3,5,9,12-13H2,1H3/t15-,16-/m1/s1. The van der Waals surface area contributed by atoms with E-state index >= 15 is 0 Å². The lowest BCUT2D eigenvalue weighted by atomic mass is 9.89. The van der Waals surface area contributed by atoms with Crippen LogP contribution in [0.4, 0.5) is 0 Å². The first-order chi connectivity index (χ1) is 8.27. The van der Waals surface area contributed by atoms with E-state index in [1.165, 1.54) is 5.56 Å². The van der Waals surface area contributed by atoms with Crippen LogP contribution >= 0.6 is 0 Å². The van der Waals surface area contributed by atoms with Crippen molar-refractivity contribution in [3.05, 3.63) is 48.6 Å². The molecular formula is C16H24O. The highest BCUT2D eigenvalue weighted by atomic mass is 16.3. The molecule has 1 heteroatoms. The Labute approximate surface area is 105 Å². The summed E-state index contributed by atoms with van der Waals surface area (Å²) in [5, 5.41) is 10.0. The predicted molar refractivity (Wildman–Crippen MR) is 74.1 cm³/mol. The first-order valence-electron chi connectivity index (χ1n) is 6.61. The molecule has 0 aromatic heterocycles. The second-order valence-corrected chi connectivity index (χ2v) is 4.66. The number of aliphatic hydroxyl groups is 1. The van der Waals surface area contributed by atoms with Gasteiger partial charge in [0.25, 0.3) is 0 Å². The van der Waals surface area contributed by atoms with E-state index in [9.17, 15) is 5.11 Å². The fourth-order valence-corrected chi connectivity index (χ4v) is 2.18. The highest BCUT2D eigenvalue weighted by molar-refractivity contribution is 5.20. The van der Waals surface area contributed by atoms with Crippen molar-refractivity contribution in [3.63, 3.8) is 0 Å². The Kier molecular flexibility index (Phi) is 6.64. The maximum absolute atomic E-state index is 10.0. The van der Waals surface area contributed by atoms with Crippen molar-refractivity contribution in [1.29, 1.82) is 0 Å². The molecule has 0 aliphatic heterocycles. The molecule has 0 aliphatic rings. The maximum Gasteiger partial charge on any atom is 0.0546 e. The molecule has 0 heterocycles. The second-order valence-electron chi connectivity index (χ2n) is 4.66. The van der Waals surface area contributed by atoms with E-state index in [1.807, 2.05) is 12.1 Å². The van der Waals surface area contributed by atoms with Gasteiger partial charge in [0.05, 0.1) is 6.10 Å². The molecule has 2 atom stereocenters. The van der Waals surface area contributed by atoms with Gasteiger partial charge < -0.3 is 5.11 Å². The van der Waals surface area contributed by atoms with Crippen LogP contribution in [0.5, 0.6) is 0 Å². The molecule has 0 bridgehead atoms. The lowest BCUT2D eigenvalue weighted by Crippen LogP contribution is -2.12. The van der Waals surface area contributed by atoms with Gasteiger partial charge >= 0.3 is 0 Å². The third-order valence-corrected chi connectivity index (χ3v) is 3.17. The molecule has 17 heavy (non-hydrogen) atoms. The Hall–Kier alpha value is -1.08. The van der Waals surface area contributed by atoms with E-state index in [4.69, 9.17) is 0 Å². The van der Waals surface area contributed by atoms with Crippen LogP contribution in [0.1, 0.15) is 50.5 Å². The van der Waals surface area contributed by atoms with E-state index in [2.05, 4.69) is 37.8 Å². The zero-order valence-electron chi connectivity index (χ0n) is 10.8. The maximum atomic E-state index is 10.0. The number of allylic oxidation sites excluding steroid dienone is 1. The number of unbranched alkanes of at least 4 members (excludes halogenated alkanes) is 1. The fraction of sp³-hybridized carbons (Fsp3) is 0.500. The third kappa shape index (κ3) is 5.18. The van der Waals surface area contributed by atoms with Crippen LogP contribution in [-0.4, -0.2) is 11.2 Å². The molecule has 0 spiro atoms. The highest BCUT2D eigenvalue weighted by Gasteiger charge is 2.14. The third-order valence-electron chi connectivity index (χ3n) is 3.17. The Morgan fingerprint density at radius 2 is 2.00 bits per heavy atom. The summed E-state index contributed by atoms with van der Waals surface area (Å²) < 4.78 is 0. The predicted octanol–water partition coefficient (Wildman–Crippen LogP) is 4.29. The molecule has 1 aromatic rings. The average molecular weight is 232 g/mol. The van der Waals surface area contributed by atoms with Gasteiger partial charge in [0, 0.05) is 0 Å². The molecule has 0 aliphatic carbocycles. The topological polar surface area (TPSA) is 20.2 Å². The van der Waals surface area contributed by atoms with Gasteiger partial charge in [0.2, 0.25) is 0 Å². The Bertz CT molecular complexity index is 305. The molecular weight excluding hydrogens is 208 g/mol. The van der Waals surface area contributed by atoms with Crippen molar-refractivity contribution in [2.45, 2.75) is 51.0 Å². The Morgan fingerprint density at radius 3 is 2.59 bits per heavy atom. The fourth-order valence-electron chi connectivity index (χ4n) is 2.18. The number of hydrogen-bond acceptors (Lipinski definition) is 1. The van der Waals surface area contributed by atoms with Gasteiger partial charge in [0.15, 0.2) is 0 Å². The summed E-state index contributed by atoms with van der Waals surface area (Å²) in [6.45, 7) is 5.97. The summed E-state index contributed by atoms with van der Waals surface area (Å²) in [6.07, 6.45) is 6.72. The zero-order valence-corrected chi connectivity index (χ0v) is 10.8. The summed E-state index contributed by atoms with van der Waals surface area (Å²) in [7, 11) is 0. The van der Waals surface area contributed by atoms with Crippen molar-refractivity contribution < 1.29 is 5.11 Å². The first-order valence-corrected chi connectivity index (χ1v) is 6.61. The Morgan fingerprint density at radius 1 is 1.29 bits per heavy atom. The molecule has 0 amide bonds. The summed E-state index contributed by atoms with van der Waals surface area (Å²) >= 11 is 0. The second kappa shape index (κ2) is 8.08. The van der Waals surface area contributed by atoms with Crippen LogP contribution in [0.3, 0.4) is 0 Å². The van der Waals surface area contributed by atoms with Crippen molar-refractivity contribution >= 4 is 0 Å². The zero-order chi connectivity index (χ0) is 12.5. The van der Waals surface area contributed by atoms with Gasteiger partial charge in [-0.05, 0) is 30.7 Å². The van der Waals surface area contributed by atoms with Gasteiger partial charge in [-0.3, -0.25) is 0 Å². The smallest absolute Gasteiger partial charge is 0.0546 e. The van der Waals surface area contributed by atoms with Crippen LogP contribution in [0.25, 0.3) is 0 Å². The van der Waals surface area contributed by atoms with E-state index in [-0.39, 0.29) is 6.10 Å². The molecule has 94 valence electrons. The largest absolute Gasteiger partial charge is 0.393 e. The van der Waals surface area contributed by atoms with Crippen molar-refractivity contribution in [2.24, 2.45) is 0 Å². The number of aliphatic hydroxyl groups excluding tert-OH is 1. The lowest BCUT2D eigenvalue weighted by molar-refractivity contribution is 0.142. The molecule has 1 nitrogen and oxygen atoms in total. The SMILES string of the molecule is C=CC[C@H](C[C@H](O)CCCC)c1ccccc1. The van der Waals surface area contributed by atoms with Gasteiger partial charge in [0.1, 0.15) is 0 Å². The van der Waals surface area contributed by atoms with Gasteiger partial charge in [-0.2, -0.15) is 0 Å². The molecule has 0 saturated carbocycles. The van der Waals surface area contributed by atoms with E-state index in [0.29, 0.717) is 5.92 Å². The van der Waals surface area contributed by atoms with Gasteiger partial charge in [-0.15, -0.1) is 6.58 Å². The minimum absolute atomic E-state index is 0.180. The van der Waals surface area contributed by atoms with Crippen LogP contribution in [0.15, 0.2) is 43.0 Å². The van der Waals surface area contributed by atoms with Gasteiger partial charge in [-0.25, -0.2) is 0 Å². The summed E-state index contributed by atoms with van der Waals surface area (Å²) in [5.74, 6) is 0.403. The van der Waals surface area contributed by atoms with E-state index in [0.717, 1.165) is 32.1 Å². The van der Waals surface area contributed by atoms with Crippen LogP contribution < -0.4 is 0 Å². The van der Waals surface area contributed by atoms with E-state index in [1.54, 1.807) is 0 Å². The summed E-state index contributed by atoms with van der Waals surface area (Å²) in [5.41, 5.74) is 1.31. The van der Waals surface area contributed by atoms with E-state index < -0.39 is 0 Å². The van der Waals surface area contributed by atoms with Crippen molar-refractivity contribution in [1.82, 2.24) is 0 Å². The molecule has 0 radical (unpaired) electrons.